The Labute approximate surface area is 126 Å². The largest absolute Gasteiger partial charge is 0.352 e. The van der Waals surface area contributed by atoms with E-state index in [1.165, 1.54) is 0 Å². The van der Waals surface area contributed by atoms with Gasteiger partial charge in [0.05, 0.1) is 5.02 Å². The first-order chi connectivity index (χ1) is 8.54. The van der Waals surface area contributed by atoms with Crippen molar-refractivity contribution in [1.82, 2.24) is 5.32 Å². The Bertz CT molecular complexity index is 412. The van der Waals surface area contributed by atoms with Crippen LogP contribution in [0.4, 0.5) is 0 Å². The van der Waals surface area contributed by atoms with Crippen molar-refractivity contribution in [1.29, 1.82) is 0 Å². The van der Waals surface area contributed by atoms with Crippen LogP contribution in [0.5, 0.6) is 0 Å². The topological polar surface area (TPSA) is 29.1 Å². The number of hydrogen-bond donors (Lipinski definition) is 1. The third kappa shape index (κ3) is 5.17. The molecule has 0 aliphatic rings. The first-order valence-electron chi connectivity index (χ1n) is 5.83. The minimum atomic E-state index is -0.0779. The number of carbonyl (C=O) groups is 1. The second-order valence-corrected chi connectivity index (χ2v) is 5.86. The predicted octanol–water partition coefficient (Wildman–Crippen LogP) is 4.49. The summed E-state index contributed by atoms with van der Waals surface area (Å²) >= 11 is 14.9. The molecule has 5 heteroatoms. The fraction of sp³-hybridized carbons (Fsp3) is 0.462. The van der Waals surface area contributed by atoms with Crippen molar-refractivity contribution >= 4 is 45.0 Å². The van der Waals surface area contributed by atoms with Crippen molar-refractivity contribution in [2.45, 2.75) is 19.8 Å². The Morgan fingerprint density at radius 1 is 1.50 bits per heavy atom. The highest BCUT2D eigenvalue weighted by Crippen LogP contribution is 2.23. The summed E-state index contributed by atoms with van der Waals surface area (Å²) in [5.74, 6) is 1.08. The van der Waals surface area contributed by atoms with E-state index in [1.807, 2.05) is 0 Å². The SMILES string of the molecule is CC(CCl)CCCNC(=O)c1ccc(Cl)c(Br)c1. The molecule has 1 aromatic rings. The third-order valence-electron chi connectivity index (χ3n) is 2.60. The van der Waals surface area contributed by atoms with Gasteiger partial charge in [0.2, 0.25) is 0 Å². The summed E-state index contributed by atoms with van der Waals surface area (Å²) in [7, 11) is 0. The van der Waals surface area contributed by atoms with Crippen molar-refractivity contribution < 1.29 is 4.79 Å². The Balaban J connectivity index is 2.39. The van der Waals surface area contributed by atoms with Crippen LogP contribution in [0.1, 0.15) is 30.1 Å². The Morgan fingerprint density at radius 2 is 2.22 bits per heavy atom. The molecule has 1 atom stereocenters. The van der Waals surface area contributed by atoms with Gasteiger partial charge in [-0.15, -0.1) is 11.6 Å². The maximum Gasteiger partial charge on any atom is 0.251 e. The summed E-state index contributed by atoms with van der Waals surface area (Å²) in [5, 5.41) is 3.48. The smallest absolute Gasteiger partial charge is 0.251 e. The average Bonchev–Trinajstić information content (AvgIpc) is 2.37. The molecule has 1 unspecified atom stereocenters. The van der Waals surface area contributed by atoms with Crippen LogP contribution in [-0.2, 0) is 0 Å². The summed E-state index contributed by atoms with van der Waals surface area (Å²) in [6.45, 7) is 2.77. The lowest BCUT2D eigenvalue weighted by atomic mass is 10.1. The number of hydrogen-bond acceptors (Lipinski definition) is 1. The van der Waals surface area contributed by atoms with Gasteiger partial charge in [0.1, 0.15) is 0 Å². The minimum absolute atomic E-state index is 0.0779. The quantitative estimate of drug-likeness (QED) is 0.593. The number of alkyl halides is 1. The normalized spacial score (nSPS) is 12.2. The lowest BCUT2D eigenvalue weighted by Crippen LogP contribution is -2.24. The lowest BCUT2D eigenvalue weighted by molar-refractivity contribution is 0.0952. The molecule has 0 saturated heterocycles. The molecule has 1 rings (SSSR count). The van der Waals surface area contributed by atoms with E-state index in [2.05, 4.69) is 28.2 Å². The predicted molar refractivity (Wildman–Crippen MR) is 80.6 cm³/mol. The zero-order valence-electron chi connectivity index (χ0n) is 10.2. The molecular weight excluding hydrogens is 337 g/mol. The molecule has 0 heterocycles. The Hall–Kier alpha value is -0.250. The van der Waals surface area contributed by atoms with E-state index in [0.717, 1.165) is 17.3 Å². The summed E-state index contributed by atoms with van der Waals surface area (Å²) in [6, 6.07) is 5.14. The van der Waals surface area contributed by atoms with Crippen LogP contribution in [0.3, 0.4) is 0 Å². The molecule has 0 aliphatic carbocycles. The fourth-order valence-corrected chi connectivity index (χ4v) is 2.12. The van der Waals surface area contributed by atoms with E-state index in [1.54, 1.807) is 18.2 Å². The molecule has 0 radical (unpaired) electrons. The average molecular weight is 353 g/mol. The van der Waals surface area contributed by atoms with Crippen LogP contribution in [-0.4, -0.2) is 18.3 Å². The second kappa shape index (κ2) is 8.03. The van der Waals surface area contributed by atoms with Gasteiger partial charge in [-0.1, -0.05) is 18.5 Å². The monoisotopic (exact) mass is 351 g/mol. The van der Waals surface area contributed by atoms with Gasteiger partial charge in [-0.2, -0.15) is 0 Å². The van der Waals surface area contributed by atoms with Crippen LogP contribution in [0.15, 0.2) is 22.7 Å². The number of halogens is 3. The highest BCUT2D eigenvalue weighted by molar-refractivity contribution is 9.10. The van der Waals surface area contributed by atoms with E-state index in [0.29, 0.717) is 28.9 Å². The molecule has 1 N–H and O–H groups in total. The van der Waals surface area contributed by atoms with Gasteiger partial charge in [0, 0.05) is 22.5 Å². The van der Waals surface area contributed by atoms with Crippen LogP contribution >= 0.6 is 39.1 Å². The molecule has 1 amide bonds. The number of benzene rings is 1. The summed E-state index contributed by atoms with van der Waals surface area (Å²) in [5.41, 5.74) is 0.608. The fourth-order valence-electron chi connectivity index (χ4n) is 1.47. The van der Waals surface area contributed by atoms with Gasteiger partial charge in [-0.25, -0.2) is 0 Å². The van der Waals surface area contributed by atoms with Crippen LogP contribution in [0, 0.1) is 5.92 Å². The van der Waals surface area contributed by atoms with Crippen molar-refractivity contribution in [2.24, 2.45) is 5.92 Å². The van der Waals surface area contributed by atoms with E-state index < -0.39 is 0 Å². The third-order valence-corrected chi connectivity index (χ3v) is 4.35. The molecule has 18 heavy (non-hydrogen) atoms. The molecule has 0 aromatic heterocycles. The van der Waals surface area contributed by atoms with Gasteiger partial charge in [-0.05, 0) is 52.9 Å². The number of carbonyl (C=O) groups excluding carboxylic acids is 1. The summed E-state index contributed by atoms with van der Waals surface area (Å²) < 4.78 is 0.729. The molecule has 2 nitrogen and oxygen atoms in total. The molecule has 0 saturated carbocycles. The van der Waals surface area contributed by atoms with Gasteiger partial charge >= 0.3 is 0 Å². The molecule has 0 bridgehead atoms. The number of amides is 1. The van der Waals surface area contributed by atoms with E-state index in [4.69, 9.17) is 23.2 Å². The second-order valence-electron chi connectivity index (χ2n) is 4.29. The molecule has 100 valence electrons. The van der Waals surface area contributed by atoms with E-state index in [-0.39, 0.29) is 5.91 Å². The minimum Gasteiger partial charge on any atom is -0.352 e. The van der Waals surface area contributed by atoms with Crippen molar-refractivity contribution in [3.8, 4) is 0 Å². The number of nitrogens with one attached hydrogen (secondary N) is 1. The molecular formula is C13H16BrCl2NO. The molecule has 0 fully saturated rings. The van der Waals surface area contributed by atoms with Crippen LogP contribution in [0.2, 0.25) is 5.02 Å². The molecule has 1 aromatic carbocycles. The summed E-state index contributed by atoms with van der Waals surface area (Å²) in [6.07, 6.45) is 1.96. The van der Waals surface area contributed by atoms with Crippen molar-refractivity contribution in [2.75, 3.05) is 12.4 Å². The number of rotatable bonds is 6. The van der Waals surface area contributed by atoms with Gasteiger partial charge in [-0.3, -0.25) is 4.79 Å². The van der Waals surface area contributed by atoms with Gasteiger partial charge in [0.25, 0.3) is 5.91 Å². The van der Waals surface area contributed by atoms with E-state index >= 15 is 0 Å². The molecule has 0 aliphatic heterocycles. The Morgan fingerprint density at radius 3 is 2.83 bits per heavy atom. The molecule has 0 spiro atoms. The van der Waals surface area contributed by atoms with Crippen LogP contribution < -0.4 is 5.32 Å². The highest BCUT2D eigenvalue weighted by atomic mass is 79.9. The zero-order chi connectivity index (χ0) is 13.5. The van der Waals surface area contributed by atoms with Crippen LogP contribution in [0.25, 0.3) is 0 Å². The van der Waals surface area contributed by atoms with Crippen molar-refractivity contribution in [3.05, 3.63) is 33.3 Å². The van der Waals surface area contributed by atoms with Gasteiger partial charge in [0.15, 0.2) is 0 Å². The summed E-state index contributed by atoms with van der Waals surface area (Å²) in [4.78, 5) is 11.8. The van der Waals surface area contributed by atoms with Crippen molar-refractivity contribution in [3.63, 3.8) is 0 Å². The first-order valence-corrected chi connectivity index (χ1v) is 7.54. The van der Waals surface area contributed by atoms with E-state index in [9.17, 15) is 4.79 Å². The highest BCUT2D eigenvalue weighted by Gasteiger charge is 2.07. The Kier molecular flexibility index (Phi) is 7.05. The first kappa shape index (κ1) is 15.8. The standard InChI is InChI=1S/C13H16BrCl2NO/c1-9(8-15)3-2-6-17-13(18)10-4-5-12(16)11(14)7-10/h4-5,7,9H,2-3,6,8H2,1H3,(H,17,18). The zero-order valence-corrected chi connectivity index (χ0v) is 13.3. The maximum atomic E-state index is 11.8. The lowest BCUT2D eigenvalue weighted by Gasteiger charge is -2.08. The van der Waals surface area contributed by atoms with Gasteiger partial charge < -0.3 is 5.32 Å². The maximum absolute atomic E-state index is 11.8.